The Morgan fingerprint density at radius 2 is 1.97 bits per heavy atom. The molecule has 1 N–H and O–H groups in total. The van der Waals surface area contributed by atoms with E-state index in [1.165, 1.54) is 18.0 Å². The summed E-state index contributed by atoms with van der Waals surface area (Å²) >= 11 is 7.26. The van der Waals surface area contributed by atoms with Gasteiger partial charge < -0.3 is 4.57 Å². The highest BCUT2D eigenvalue weighted by Gasteiger charge is 2.32. The number of anilines is 1. The van der Waals surface area contributed by atoms with Crippen molar-refractivity contribution < 1.29 is 9.59 Å². The highest BCUT2D eigenvalue weighted by Crippen LogP contribution is 2.33. The third kappa shape index (κ3) is 4.83. The molecule has 0 fully saturated rings. The maximum absolute atomic E-state index is 12.5. The number of hydrogen-bond donors (Lipinski definition) is 1. The van der Waals surface area contributed by atoms with E-state index in [9.17, 15) is 9.59 Å². The summed E-state index contributed by atoms with van der Waals surface area (Å²) in [4.78, 5) is 33.4. The van der Waals surface area contributed by atoms with E-state index < -0.39 is 0 Å². The normalized spacial score (nSPS) is 14.8. The molecule has 0 radical (unpaired) electrons. The molecule has 32 heavy (non-hydrogen) atoms. The van der Waals surface area contributed by atoms with Crippen molar-refractivity contribution in [2.24, 2.45) is 5.41 Å². The van der Waals surface area contributed by atoms with Gasteiger partial charge in [-0.25, -0.2) is 9.97 Å². The third-order valence-corrected chi connectivity index (χ3v) is 6.39. The quantitative estimate of drug-likeness (QED) is 0.536. The van der Waals surface area contributed by atoms with Crippen molar-refractivity contribution >= 4 is 41.0 Å². The van der Waals surface area contributed by atoms with E-state index in [2.05, 4.69) is 25.5 Å². The standard InChI is InChI=1S/C22H23ClN6O2S/c1-4-29-19(13-5-7-14(23)8-6-13)27-28-21(29)32-12-18(31)26-20-24-11-15-16(25-20)9-22(2,3)10-17(15)30/h5-8,11H,4,9-10,12H2,1-3H3,(H,24,25,26,31). The van der Waals surface area contributed by atoms with Crippen molar-refractivity contribution in [3.63, 3.8) is 0 Å². The molecule has 8 nitrogen and oxygen atoms in total. The predicted molar refractivity (Wildman–Crippen MR) is 124 cm³/mol. The first-order chi connectivity index (χ1) is 15.3. The van der Waals surface area contributed by atoms with Crippen LogP contribution in [0.4, 0.5) is 5.95 Å². The van der Waals surface area contributed by atoms with Crippen molar-refractivity contribution in [1.29, 1.82) is 0 Å². The van der Waals surface area contributed by atoms with Crippen LogP contribution in [0.3, 0.4) is 0 Å². The largest absolute Gasteiger partial charge is 0.302 e. The number of aromatic nitrogens is 5. The van der Waals surface area contributed by atoms with Gasteiger partial charge in [-0.05, 0) is 43.0 Å². The fraction of sp³-hybridized carbons (Fsp3) is 0.364. The highest BCUT2D eigenvalue weighted by atomic mass is 35.5. The molecule has 1 aliphatic carbocycles. The minimum Gasteiger partial charge on any atom is -0.302 e. The number of ketones is 1. The second-order valence-corrected chi connectivity index (χ2v) is 9.77. The number of halogens is 1. The molecular formula is C22H23ClN6O2S. The average Bonchev–Trinajstić information content (AvgIpc) is 3.14. The maximum Gasteiger partial charge on any atom is 0.237 e. The van der Waals surface area contributed by atoms with Crippen molar-refractivity contribution in [3.05, 3.63) is 46.7 Å². The SMILES string of the molecule is CCn1c(SCC(=O)Nc2ncc3c(n2)CC(C)(C)CC3=O)nnc1-c1ccc(Cl)cc1. The van der Waals surface area contributed by atoms with Gasteiger partial charge in [0, 0.05) is 29.7 Å². The number of fused-ring (bicyclic) bond motifs is 1. The lowest BCUT2D eigenvalue weighted by atomic mass is 9.76. The highest BCUT2D eigenvalue weighted by molar-refractivity contribution is 7.99. The van der Waals surface area contributed by atoms with Gasteiger partial charge in [0.1, 0.15) is 0 Å². The molecule has 0 saturated heterocycles. The number of nitrogens with one attached hydrogen (secondary N) is 1. The average molecular weight is 471 g/mol. The molecule has 0 aliphatic heterocycles. The molecule has 1 aromatic carbocycles. The van der Waals surface area contributed by atoms with Gasteiger partial charge in [0.25, 0.3) is 0 Å². The number of benzene rings is 1. The summed E-state index contributed by atoms with van der Waals surface area (Å²) in [5.74, 6) is 0.843. The van der Waals surface area contributed by atoms with Gasteiger partial charge in [-0.15, -0.1) is 10.2 Å². The number of rotatable bonds is 6. The first kappa shape index (κ1) is 22.4. The fourth-order valence-corrected chi connectivity index (χ4v) is 4.60. The molecule has 2 aromatic heterocycles. The summed E-state index contributed by atoms with van der Waals surface area (Å²) in [6.07, 6.45) is 2.65. The summed E-state index contributed by atoms with van der Waals surface area (Å²) < 4.78 is 1.95. The molecule has 0 spiro atoms. The molecule has 0 unspecified atom stereocenters. The molecule has 0 atom stereocenters. The molecule has 4 rings (SSSR count). The van der Waals surface area contributed by atoms with Gasteiger partial charge in [-0.1, -0.05) is 37.2 Å². The zero-order chi connectivity index (χ0) is 22.9. The van der Waals surface area contributed by atoms with Crippen LogP contribution in [-0.4, -0.2) is 42.2 Å². The van der Waals surface area contributed by atoms with Crippen LogP contribution in [0.5, 0.6) is 0 Å². The van der Waals surface area contributed by atoms with E-state index in [4.69, 9.17) is 11.6 Å². The van der Waals surface area contributed by atoms with Crippen LogP contribution in [-0.2, 0) is 17.8 Å². The fourth-order valence-electron chi connectivity index (χ4n) is 3.67. The summed E-state index contributed by atoms with van der Waals surface area (Å²) in [6, 6.07) is 7.39. The minimum absolute atomic E-state index is 0.0417. The van der Waals surface area contributed by atoms with Crippen LogP contribution in [0.2, 0.25) is 5.02 Å². The van der Waals surface area contributed by atoms with Crippen LogP contribution in [0.1, 0.15) is 43.2 Å². The van der Waals surface area contributed by atoms with Crippen molar-refractivity contribution in [2.45, 2.75) is 45.3 Å². The zero-order valence-electron chi connectivity index (χ0n) is 18.1. The lowest BCUT2D eigenvalue weighted by Crippen LogP contribution is -2.29. The second-order valence-electron chi connectivity index (χ2n) is 8.39. The molecule has 3 aromatic rings. The Kier molecular flexibility index (Phi) is 6.30. The Labute approximate surface area is 195 Å². The molecule has 10 heteroatoms. The number of carbonyl (C=O) groups excluding carboxylic acids is 2. The van der Waals surface area contributed by atoms with Gasteiger partial charge in [0.2, 0.25) is 11.9 Å². The number of Topliss-reactive ketones (excluding diaryl/α,β-unsaturated/α-hetero) is 1. The van der Waals surface area contributed by atoms with Crippen LogP contribution >= 0.6 is 23.4 Å². The minimum atomic E-state index is -0.255. The number of hydrogen-bond acceptors (Lipinski definition) is 7. The molecule has 0 bridgehead atoms. The van der Waals surface area contributed by atoms with Crippen molar-refractivity contribution in [3.8, 4) is 11.4 Å². The van der Waals surface area contributed by atoms with E-state index in [0.29, 0.717) is 40.8 Å². The van der Waals surface area contributed by atoms with E-state index in [1.54, 1.807) is 12.1 Å². The third-order valence-electron chi connectivity index (χ3n) is 5.17. The van der Waals surface area contributed by atoms with Gasteiger partial charge in [0.15, 0.2) is 16.8 Å². The lowest BCUT2D eigenvalue weighted by Gasteiger charge is -2.29. The molecule has 1 amide bonds. The summed E-state index contributed by atoms with van der Waals surface area (Å²) in [5, 5.41) is 12.5. The van der Waals surface area contributed by atoms with Gasteiger partial charge in [0.05, 0.1) is 17.0 Å². The second kappa shape index (κ2) is 8.99. The van der Waals surface area contributed by atoms with Crippen LogP contribution in [0, 0.1) is 5.41 Å². The Morgan fingerprint density at radius 1 is 1.22 bits per heavy atom. The van der Waals surface area contributed by atoms with Gasteiger partial charge >= 0.3 is 0 Å². The Morgan fingerprint density at radius 3 is 2.69 bits per heavy atom. The van der Waals surface area contributed by atoms with E-state index in [-0.39, 0.29) is 28.8 Å². The number of thioether (sulfide) groups is 1. The summed E-state index contributed by atoms with van der Waals surface area (Å²) in [7, 11) is 0. The lowest BCUT2D eigenvalue weighted by molar-refractivity contribution is -0.113. The molecular weight excluding hydrogens is 448 g/mol. The van der Waals surface area contributed by atoms with Crippen LogP contribution in [0.25, 0.3) is 11.4 Å². The molecule has 0 saturated carbocycles. The topological polar surface area (TPSA) is 103 Å². The predicted octanol–water partition coefficient (Wildman–Crippen LogP) is 4.29. The van der Waals surface area contributed by atoms with E-state index >= 15 is 0 Å². The molecule has 2 heterocycles. The zero-order valence-corrected chi connectivity index (χ0v) is 19.6. The first-order valence-electron chi connectivity index (χ1n) is 10.3. The van der Waals surface area contributed by atoms with E-state index in [0.717, 1.165) is 11.4 Å². The smallest absolute Gasteiger partial charge is 0.237 e. The van der Waals surface area contributed by atoms with Gasteiger partial charge in [-0.3, -0.25) is 14.9 Å². The van der Waals surface area contributed by atoms with Crippen LogP contribution in [0.15, 0.2) is 35.6 Å². The van der Waals surface area contributed by atoms with Crippen LogP contribution < -0.4 is 5.32 Å². The van der Waals surface area contributed by atoms with Crippen molar-refractivity contribution in [1.82, 2.24) is 24.7 Å². The number of nitrogens with zero attached hydrogens (tertiary/aromatic N) is 5. The summed E-state index contributed by atoms with van der Waals surface area (Å²) in [6.45, 7) is 6.73. The summed E-state index contributed by atoms with van der Waals surface area (Å²) in [5.41, 5.74) is 1.98. The maximum atomic E-state index is 12.5. The van der Waals surface area contributed by atoms with E-state index in [1.807, 2.05) is 37.5 Å². The Balaban J connectivity index is 1.43. The monoisotopic (exact) mass is 470 g/mol. The molecule has 166 valence electrons. The Hall–Kier alpha value is -2.78. The Bertz CT molecular complexity index is 1180. The number of amides is 1. The molecule has 1 aliphatic rings. The van der Waals surface area contributed by atoms with Gasteiger partial charge in [-0.2, -0.15) is 0 Å². The first-order valence-corrected chi connectivity index (χ1v) is 11.6. The number of carbonyl (C=O) groups is 2. The van der Waals surface area contributed by atoms with Crippen molar-refractivity contribution in [2.75, 3.05) is 11.1 Å².